The van der Waals surface area contributed by atoms with Crippen LogP contribution in [0, 0.1) is 0 Å². The Bertz CT molecular complexity index is 1150. The Morgan fingerprint density at radius 2 is 1.39 bits per heavy atom. The van der Waals surface area contributed by atoms with Gasteiger partial charge in [-0.3, -0.25) is 4.79 Å². The Hall–Kier alpha value is -4.37. The van der Waals surface area contributed by atoms with E-state index in [1.54, 1.807) is 52.7 Å². The first-order valence-electron chi connectivity index (χ1n) is 11.0. The van der Waals surface area contributed by atoms with Crippen molar-refractivity contribution in [1.29, 1.82) is 0 Å². The van der Waals surface area contributed by atoms with E-state index in [2.05, 4.69) is 0 Å². The molecule has 1 amide bonds. The lowest BCUT2D eigenvalue weighted by atomic mass is 10.1. The predicted octanol–water partition coefficient (Wildman–Crippen LogP) is 3.22. The highest BCUT2D eigenvalue weighted by Crippen LogP contribution is 2.38. The number of benzene rings is 3. The Kier molecular flexibility index (Phi) is 10.5. The molecule has 0 aliphatic carbocycles. The number of hydrogen-bond acceptors (Lipinski definition) is 8. The van der Waals surface area contributed by atoms with Crippen LogP contribution in [0.4, 0.5) is 5.69 Å². The van der Waals surface area contributed by atoms with Crippen LogP contribution in [-0.2, 0) is 11.2 Å². The van der Waals surface area contributed by atoms with Crippen molar-refractivity contribution in [3.63, 3.8) is 0 Å². The number of anilines is 1. The van der Waals surface area contributed by atoms with Crippen LogP contribution in [0.3, 0.4) is 0 Å². The first-order valence-corrected chi connectivity index (χ1v) is 11.0. The fourth-order valence-electron chi connectivity index (χ4n) is 3.23. The largest absolute Gasteiger partial charge is 0.508 e. The van der Waals surface area contributed by atoms with Crippen LogP contribution in [0.15, 0.2) is 54.6 Å². The van der Waals surface area contributed by atoms with E-state index in [0.717, 1.165) is 16.7 Å². The van der Waals surface area contributed by atoms with Crippen molar-refractivity contribution in [3.05, 3.63) is 71.3 Å². The molecule has 0 saturated carbocycles. The molecule has 0 aliphatic rings. The predicted molar refractivity (Wildman–Crippen MR) is 141 cm³/mol. The van der Waals surface area contributed by atoms with Gasteiger partial charge in [-0.15, -0.1) is 0 Å². The molecule has 3 aromatic carbocycles. The number of nitrogen functional groups attached to an aromatic ring is 1. The molecular weight excluding hydrogens is 462 g/mol. The number of nitrogens with two attached hydrogens (primary N) is 3. The van der Waals surface area contributed by atoms with E-state index in [4.69, 9.17) is 41.3 Å². The Balaban J connectivity index is 0.000000297. The highest BCUT2D eigenvalue weighted by atomic mass is 16.5. The van der Waals surface area contributed by atoms with E-state index >= 15 is 0 Å². The molecule has 0 saturated heterocycles. The highest BCUT2D eigenvalue weighted by Gasteiger charge is 2.12. The summed E-state index contributed by atoms with van der Waals surface area (Å²) in [4.78, 5) is 10.6. The van der Waals surface area contributed by atoms with Crippen molar-refractivity contribution in [1.82, 2.24) is 0 Å². The molecule has 0 aromatic heterocycles. The molecule has 1 atom stereocenters. The van der Waals surface area contributed by atoms with Gasteiger partial charge < -0.3 is 41.3 Å². The summed E-state index contributed by atoms with van der Waals surface area (Å²) in [5.41, 5.74) is 19.7. The number of aromatic hydroxyl groups is 1. The molecule has 0 aliphatic heterocycles. The number of carbonyl (C=O) groups is 1. The first-order chi connectivity index (χ1) is 17.2. The third kappa shape index (κ3) is 7.85. The van der Waals surface area contributed by atoms with Gasteiger partial charge in [-0.05, 0) is 59.5 Å². The van der Waals surface area contributed by atoms with Gasteiger partial charge in [-0.2, -0.15) is 0 Å². The molecule has 36 heavy (non-hydrogen) atoms. The molecule has 7 N–H and O–H groups in total. The molecule has 3 rings (SSSR count). The van der Waals surface area contributed by atoms with E-state index in [-0.39, 0.29) is 5.75 Å². The number of amides is 1. The zero-order valence-corrected chi connectivity index (χ0v) is 20.9. The summed E-state index contributed by atoms with van der Waals surface area (Å²) in [7, 11) is 6.36. The molecule has 192 valence electrons. The van der Waals surface area contributed by atoms with Crippen LogP contribution >= 0.6 is 0 Å². The summed E-state index contributed by atoms with van der Waals surface area (Å²) in [5, 5.41) is 8.98. The normalized spacial score (nSPS) is 11.2. The number of phenolic OH excluding ortho intramolecular Hbond substituents is 1. The lowest BCUT2D eigenvalue weighted by Crippen LogP contribution is -2.38. The van der Waals surface area contributed by atoms with Crippen molar-refractivity contribution in [2.45, 2.75) is 12.5 Å². The van der Waals surface area contributed by atoms with Gasteiger partial charge in [0.2, 0.25) is 11.7 Å². The average Bonchev–Trinajstić information content (AvgIpc) is 2.88. The molecular formula is C27H33N3O6. The van der Waals surface area contributed by atoms with Gasteiger partial charge in [0.15, 0.2) is 11.5 Å². The van der Waals surface area contributed by atoms with Gasteiger partial charge in [0.1, 0.15) is 11.5 Å². The fraction of sp³-hybridized carbons (Fsp3) is 0.222. The van der Waals surface area contributed by atoms with Crippen LogP contribution in [0.2, 0.25) is 0 Å². The number of rotatable bonds is 9. The van der Waals surface area contributed by atoms with Crippen molar-refractivity contribution in [2.24, 2.45) is 11.5 Å². The molecule has 0 fully saturated rings. The SMILES string of the molecule is COc1ccc(/C=C\c2cc(OC)c(OC)c(OC)c2)cc1N.NC(=O)[C@H](N)Cc1ccc(O)cc1. The Labute approximate surface area is 211 Å². The monoisotopic (exact) mass is 495 g/mol. The second-order valence-corrected chi connectivity index (χ2v) is 7.67. The van der Waals surface area contributed by atoms with E-state index < -0.39 is 11.9 Å². The fourth-order valence-corrected chi connectivity index (χ4v) is 3.23. The number of ether oxygens (including phenoxy) is 4. The average molecular weight is 496 g/mol. The number of primary amides is 1. The maximum absolute atomic E-state index is 10.6. The van der Waals surface area contributed by atoms with Crippen LogP contribution in [0.5, 0.6) is 28.7 Å². The van der Waals surface area contributed by atoms with Gasteiger partial charge >= 0.3 is 0 Å². The van der Waals surface area contributed by atoms with E-state index in [0.29, 0.717) is 35.1 Å². The number of phenols is 1. The Morgan fingerprint density at radius 1 is 0.833 bits per heavy atom. The molecule has 9 heteroatoms. The minimum atomic E-state index is -0.662. The van der Waals surface area contributed by atoms with Gasteiger partial charge in [0.05, 0.1) is 40.2 Å². The number of methoxy groups -OCH3 is 4. The lowest BCUT2D eigenvalue weighted by Gasteiger charge is -2.12. The van der Waals surface area contributed by atoms with Crippen molar-refractivity contribution in [2.75, 3.05) is 34.2 Å². The summed E-state index contributed by atoms with van der Waals surface area (Å²) in [5.74, 6) is 2.13. The summed E-state index contributed by atoms with van der Waals surface area (Å²) >= 11 is 0. The van der Waals surface area contributed by atoms with E-state index in [1.807, 2.05) is 42.5 Å². The third-order valence-corrected chi connectivity index (χ3v) is 5.17. The van der Waals surface area contributed by atoms with Crippen molar-refractivity contribution >= 4 is 23.7 Å². The summed E-state index contributed by atoms with van der Waals surface area (Å²) in [6.45, 7) is 0. The zero-order chi connectivity index (χ0) is 26.7. The molecule has 0 radical (unpaired) electrons. The lowest BCUT2D eigenvalue weighted by molar-refractivity contribution is -0.119. The second-order valence-electron chi connectivity index (χ2n) is 7.67. The quantitative estimate of drug-likeness (QED) is 0.261. The van der Waals surface area contributed by atoms with Crippen molar-refractivity contribution < 1.29 is 28.8 Å². The van der Waals surface area contributed by atoms with Gasteiger partial charge in [0.25, 0.3) is 0 Å². The smallest absolute Gasteiger partial charge is 0.234 e. The maximum atomic E-state index is 10.6. The second kappa shape index (κ2) is 13.5. The number of carbonyl (C=O) groups excluding carboxylic acids is 1. The van der Waals surface area contributed by atoms with Gasteiger partial charge in [-0.1, -0.05) is 30.4 Å². The Morgan fingerprint density at radius 3 is 1.86 bits per heavy atom. The third-order valence-electron chi connectivity index (χ3n) is 5.17. The molecule has 0 unspecified atom stereocenters. The van der Waals surface area contributed by atoms with E-state index in [9.17, 15) is 4.79 Å². The minimum absolute atomic E-state index is 0.191. The maximum Gasteiger partial charge on any atom is 0.234 e. The topological polar surface area (TPSA) is 152 Å². The summed E-state index contributed by atoms with van der Waals surface area (Å²) < 4.78 is 21.2. The van der Waals surface area contributed by atoms with Gasteiger partial charge in [-0.25, -0.2) is 0 Å². The van der Waals surface area contributed by atoms with Crippen LogP contribution < -0.4 is 36.1 Å². The molecule has 9 nitrogen and oxygen atoms in total. The number of hydrogen-bond donors (Lipinski definition) is 4. The first kappa shape index (κ1) is 27.9. The summed E-state index contributed by atoms with van der Waals surface area (Å²) in [6.07, 6.45) is 4.30. The molecule has 0 bridgehead atoms. The summed E-state index contributed by atoms with van der Waals surface area (Å²) in [6, 6.07) is 15.2. The van der Waals surface area contributed by atoms with Crippen LogP contribution in [-0.4, -0.2) is 45.5 Å². The molecule has 3 aromatic rings. The minimum Gasteiger partial charge on any atom is -0.508 e. The molecule has 0 heterocycles. The standard InChI is InChI=1S/C18H21NO4.C9H12N2O2/c1-20-15-8-7-12(9-14(15)19)5-6-13-10-16(21-2)18(23-4)17(11-13)22-3;10-8(9(11)13)5-6-1-3-7(12)4-2-6/h5-11H,19H2,1-4H3;1-4,8,12H,5,10H2,(H2,11,13)/b6-5-;/t;8-/m.1/s1. The van der Waals surface area contributed by atoms with Gasteiger partial charge in [0, 0.05) is 0 Å². The van der Waals surface area contributed by atoms with Crippen molar-refractivity contribution in [3.8, 4) is 28.7 Å². The molecule has 0 spiro atoms. The van der Waals surface area contributed by atoms with Crippen LogP contribution in [0.25, 0.3) is 12.2 Å². The van der Waals surface area contributed by atoms with Crippen LogP contribution in [0.1, 0.15) is 16.7 Å². The highest BCUT2D eigenvalue weighted by molar-refractivity contribution is 5.79. The van der Waals surface area contributed by atoms with E-state index in [1.165, 1.54) is 0 Å². The zero-order valence-electron chi connectivity index (χ0n) is 20.9.